The zero-order valence-corrected chi connectivity index (χ0v) is 6.66. The molecule has 0 saturated carbocycles. The molecular weight excluding hydrogens is 168 g/mol. The lowest BCUT2D eigenvalue weighted by Gasteiger charge is -1.56. The van der Waals surface area contributed by atoms with Gasteiger partial charge in [0, 0.05) is 0 Å². The van der Waals surface area contributed by atoms with Crippen molar-refractivity contribution in [1.29, 1.82) is 0 Å². The molecule has 0 aliphatic rings. The highest BCUT2D eigenvalue weighted by atomic mass is 79.9. The smallest absolute Gasteiger partial charge is 0.126 e. The van der Waals surface area contributed by atoms with Crippen LogP contribution in [0.4, 0.5) is 0 Å². The average Bonchev–Trinajstić information content (AvgIpc) is 1.65. The van der Waals surface area contributed by atoms with Crippen LogP contribution in [-0.4, -0.2) is 11.1 Å². The molecule has 2 heteroatoms. The summed E-state index contributed by atoms with van der Waals surface area (Å²) in [5, 5.41) is 0.660. The van der Waals surface area contributed by atoms with Crippen molar-refractivity contribution in [2.45, 2.75) is 13.8 Å². The molecular formula is C6H9BrO. The van der Waals surface area contributed by atoms with Crippen molar-refractivity contribution in [2.24, 2.45) is 0 Å². The maximum absolute atomic E-state index is 9.44. The van der Waals surface area contributed by atoms with Crippen LogP contribution in [0.3, 0.4) is 0 Å². The molecule has 1 nitrogen and oxygen atoms in total. The molecule has 0 radical (unpaired) electrons. The Labute approximate surface area is 58.6 Å². The first kappa shape index (κ1) is 10.6. The van der Waals surface area contributed by atoms with E-state index in [9.17, 15) is 4.79 Å². The number of halogens is 1. The van der Waals surface area contributed by atoms with Crippen LogP contribution in [0.25, 0.3) is 0 Å². The standard InChI is InChI=1S/C3H3Br.C3H6O/c1-2-3-4;1-3(2)4/h1H,3H2;1-2H3. The summed E-state index contributed by atoms with van der Waals surface area (Å²) in [6, 6.07) is 0. The maximum Gasteiger partial charge on any atom is 0.126 e. The third-order valence-electron chi connectivity index (χ3n) is 0.0772. The Balaban J connectivity index is 0. The third kappa shape index (κ3) is 251. The normalized spacial score (nSPS) is 5.75. The Morgan fingerprint density at radius 3 is 1.88 bits per heavy atom. The van der Waals surface area contributed by atoms with E-state index in [0.29, 0.717) is 5.33 Å². The van der Waals surface area contributed by atoms with Crippen LogP contribution >= 0.6 is 15.9 Å². The Morgan fingerprint density at radius 1 is 1.75 bits per heavy atom. The lowest BCUT2D eigenvalue weighted by atomic mass is 10.6. The van der Waals surface area contributed by atoms with Gasteiger partial charge in [0.2, 0.25) is 0 Å². The number of terminal acetylenes is 1. The summed E-state index contributed by atoms with van der Waals surface area (Å²) >= 11 is 3.01. The Kier molecular flexibility index (Phi) is 13.1. The van der Waals surface area contributed by atoms with E-state index in [1.807, 2.05) is 0 Å². The molecule has 0 amide bonds. The van der Waals surface area contributed by atoms with Crippen molar-refractivity contribution in [1.82, 2.24) is 0 Å². The lowest BCUT2D eigenvalue weighted by Crippen LogP contribution is -1.69. The van der Waals surface area contributed by atoms with Gasteiger partial charge < -0.3 is 4.79 Å². The van der Waals surface area contributed by atoms with E-state index >= 15 is 0 Å². The molecule has 0 fully saturated rings. The minimum Gasteiger partial charge on any atom is -0.300 e. The molecule has 0 N–H and O–H groups in total. The van der Waals surface area contributed by atoms with Crippen LogP contribution in [0.2, 0.25) is 0 Å². The van der Waals surface area contributed by atoms with Crippen molar-refractivity contribution in [2.75, 3.05) is 5.33 Å². The molecule has 46 valence electrons. The van der Waals surface area contributed by atoms with Gasteiger partial charge in [-0.2, -0.15) is 0 Å². The lowest BCUT2D eigenvalue weighted by molar-refractivity contribution is -0.114. The van der Waals surface area contributed by atoms with Crippen molar-refractivity contribution in [3.63, 3.8) is 0 Å². The van der Waals surface area contributed by atoms with Crippen molar-refractivity contribution in [3.8, 4) is 12.3 Å². The highest BCUT2D eigenvalue weighted by Crippen LogP contribution is 1.68. The fraction of sp³-hybridized carbons (Fsp3) is 0.500. The van der Waals surface area contributed by atoms with Gasteiger partial charge in [-0.3, -0.25) is 0 Å². The Hall–Kier alpha value is -0.290. The molecule has 0 spiro atoms. The molecule has 0 saturated heterocycles. The van der Waals surface area contributed by atoms with E-state index in [2.05, 4.69) is 21.9 Å². The predicted molar refractivity (Wildman–Crippen MR) is 39.0 cm³/mol. The highest BCUT2D eigenvalue weighted by Gasteiger charge is 1.62. The SMILES string of the molecule is C#CCBr.CC(C)=O. The first-order valence-corrected chi connectivity index (χ1v) is 3.24. The van der Waals surface area contributed by atoms with Crippen LogP contribution in [-0.2, 0) is 4.79 Å². The molecule has 0 rings (SSSR count). The van der Waals surface area contributed by atoms with Crippen LogP contribution in [0, 0.1) is 12.3 Å². The van der Waals surface area contributed by atoms with E-state index in [0.717, 1.165) is 0 Å². The maximum atomic E-state index is 9.44. The van der Waals surface area contributed by atoms with Gasteiger partial charge in [0.1, 0.15) is 5.78 Å². The van der Waals surface area contributed by atoms with Crippen LogP contribution in [0.15, 0.2) is 0 Å². The van der Waals surface area contributed by atoms with Crippen molar-refractivity contribution in [3.05, 3.63) is 0 Å². The molecule has 0 heterocycles. The number of carbonyl (C=O) groups excluding carboxylic acids is 1. The zero-order chi connectivity index (χ0) is 6.99. The van der Waals surface area contributed by atoms with Crippen LogP contribution in [0.1, 0.15) is 13.8 Å². The number of hydrogen-bond donors (Lipinski definition) is 0. The van der Waals surface area contributed by atoms with Gasteiger partial charge in [-0.1, -0.05) is 21.9 Å². The Morgan fingerprint density at radius 2 is 1.88 bits per heavy atom. The average molecular weight is 177 g/mol. The number of alkyl halides is 1. The number of Topliss-reactive ketones (excluding diaryl/α,β-unsaturated/α-hetero) is 1. The summed E-state index contributed by atoms with van der Waals surface area (Å²) < 4.78 is 0. The third-order valence-corrected chi connectivity index (χ3v) is 0.401. The molecule has 8 heavy (non-hydrogen) atoms. The van der Waals surface area contributed by atoms with Gasteiger partial charge in [-0.05, 0) is 13.8 Å². The van der Waals surface area contributed by atoms with Gasteiger partial charge >= 0.3 is 0 Å². The molecule has 0 aromatic heterocycles. The second-order valence-electron chi connectivity index (χ2n) is 1.25. The molecule has 0 unspecified atom stereocenters. The largest absolute Gasteiger partial charge is 0.300 e. The summed E-state index contributed by atoms with van der Waals surface area (Å²) in [5.74, 6) is 2.51. The minimum atomic E-state index is 0.167. The van der Waals surface area contributed by atoms with E-state index in [1.165, 1.54) is 13.8 Å². The van der Waals surface area contributed by atoms with Crippen LogP contribution < -0.4 is 0 Å². The van der Waals surface area contributed by atoms with E-state index in [-0.39, 0.29) is 5.78 Å². The van der Waals surface area contributed by atoms with Gasteiger partial charge in [-0.25, -0.2) is 0 Å². The van der Waals surface area contributed by atoms with Crippen molar-refractivity contribution >= 4 is 21.7 Å². The number of carbonyl (C=O) groups is 1. The quantitative estimate of drug-likeness (QED) is 0.405. The first-order valence-electron chi connectivity index (χ1n) is 2.11. The van der Waals surface area contributed by atoms with E-state index in [4.69, 9.17) is 6.42 Å². The highest BCUT2D eigenvalue weighted by molar-refractivity contribution is 9.09. The van der Waals surface area contributed by atoms with Gasteiger partial charge in [-0.15, -0.1) is 6.42 Å². The van der Waals surface area contributed by atoms with E-state index < -0.39 is 0 Å². The fourth-order valence-electron chi connectivity index (χ4n) is 0. The van der Waals surface area contributed by atoms with Crippen LogP contribution in [0.5, 0.6) is 0 Å². The number of rotatable bonds is 0. The van der Waals surface area contributed by atoms with Gasteiger partial charge in [0.15, 0.2) is 0 Å². The monoisotopic (exact) mass is 176 g/mol. The molecule has 0 atom stereocenters. The topological polar surface area (TPSA) is 17.1 Å². The second-order valence-corrected chi connectivity index (χ2v) is 1.81. The summed E-state index contributed by atoms with van der Waals surface area (Å²) in [4.78, 5) is 9.44. The summed E-state index contributed by atoms with van der Waals surface area (Å²) in [6.45, 7) is 3.06. The van der Waals surface area contributed by atoms with E-state index in [1.54, 1.807) is 0 Å². The zero-order valence-electron chi connectivity index (χ0n) is 5.07. The molecule has 0 aliphatic carbocycles. The minimum absolute atomic E-state index is 0.167. The summed E-state index contributed by atoms with van der Waals surface area (Å²) in [7, 11) is 0. The summed E-state index contributed by atoms with van der Waals surface area (Å²) in [5.41, 5.74) is 0. The van der Waals surface area contributed by atoms with Gasteiger partial charge in [0.05, 0.1) is 5.33 Å². The Bertz CT molecular complexity index is 87.2. The molecule has 0 bridgehead atoms. The number of hydrogen-bond acceptors (Lipinski definition) is 1. The predicted octanol–water partition coefficient (Wildman–Crippen LogP) is 1.61. The van der Waals surface area contributed by atoms with Crippen molar-refractivity contribution < 1.29 is 4.79 Å². The number of ketones is 1. The second kappa shape index (κ2) is 9.86. The van der Waals surface area contributed by atoms with Gasteiger partial charge in [0.25, 0.3) is 0 Å². The molecule has 0 aliphatic heterocycles. The molecule has 0 aromatic carbocycles. The molecule has 0 aromatic rings. The summed E-state index contributed by atoms with van der Waals surface area (Å²) in [6.07, 6.45) is 4.73. The first-order chi connectivity index (χ1) is 3.65. The fourth-order valence-corrected chi connectivity index (χ4v) is 0.